The molecule has 0 radical (unpaired) electrons. The lowest BCUT2D eigenvalue weighted by atomic mass is 9.89. The van der Waals surface area contributed by atoms with Crippen molar-refractivity contribution < 1.29 is 31.4 Å². The number of aromatic nitrogens is 1. The molecule has 1 aliphatic carbocycles. The van der Waals surface area contributed by atoms with E-state index in [-0.39, 0.29) is 11.4 Å². The maximum Gasteiger partial charge on any atom is 0.418 e. The number of halogens is 6. The van der Waals surface area contributed by atoms with E-state index < -0.39 is 53.7 Å². The van der Waals surface area contributed by atoms with Crippen molar-refractivity contribution in [2.24, 2.45) is 0 Å². The first-order chi connectivity index (χ1) is 11.6. The molecule has 132 valence electrons. The first kappa shape index (κ1) is 17.4. The number of aliphatic hydroxyl groups is 1. The summed E-state index contributed by atoms with van der Waals surface area (Å²) in [6, 6.07) is 3.02. The molecule has 2 aromatic rings. The minimum Gasteiger partial charge on any atom is -0.385 e. The normalized spacial score (nSPS) is 23.2. The topological polar surface area (TPSA) is 29.5 Å². The maximum absolute atomic E-state index is 13.8. The molecule has 0 saturated heterocycles. The van der Waals surface area contributed by atoms with Crippen LogP contribution in [0.5, 0.6) is 0 Å². The van der Waals surface area contributed by atoms with Gasteiger partial charge in [-0.15, -0.1) is 0 Å². The summed E-state index contributed by atoms with van der Waals surface area (Å²) in [6.07, 6.45) is -11.9. The SMILES string of the molecule is [C-]#[N+]c1cc(-n2cc(C(F)(F)F)c3c2CC(F)C(F)[C@H]3O)ccc1F. The summed E-state index contributed by atoms with van der Waals surface area (Å²) in [5.74, 6) is -0.858. The molecule has 1 aromatic heterocycles. The van der Waals surface area contributed by atoms with Crippen LogP contribution >= 0.6 is 0 Å². The summed E-state index contributed by atoms with van der Waals surface area (Å²) in [5, 5.41) is 9.81. The zero-order valence-corrected chi connectivity index (χ0v) is 12.4. The van der Waals surface area contributed by atoms with Gasteiger partial charge in [-0.2, -0.15) is 13.2 Å². The summed E-state index contributed by atoms with van der Waals surface area (Å²) in [7, 11) is 0. The third-order valence-electron chi connectivity index (χ3n) is 4.12. The molecule has 0 saturated carbocycles. The lowest BCUT2D eigenvalue weighted by Gasteiger charge is -2.28. The van der Waals surface area contributed by atoms with Crippen molar-refractivity contribution in [3.05, 3.63) is 58.5 Å². The fourth-order valence-corrected chi connectivity index (χ4v) is 2.95. The number of hydrogen-bond acceptors (Lipinski definition) is 1. The van der Waals surface area contributed by atoms with Crippen LogP contribution < -0.4 is 0 Å². The number of fused-ring (bicyclic) bond motifs is 1. The van der Waals surface area contributed by atoms with Crippen LogP contribution in [0.1, 0.15) is 22.9 Å². The van der Waals surface area contributed by atoms with Crippen molar-refractivity contribution in [2.45, 2.75) is 31.0 Å². The van der Waals surface area contributed by atoms with Crippen LogP contribution in [0.4, 0.5) is 32.0 Å². The molecule has 1 aliphatic rings. The third kappa shape index (κ3) is 2.76. The number of rotatable bonds is 1. The van der Waals surface area contributed by atoms with Gasteiger partial charge in [-0.25, -0.2) is 18.0 Å². The van der Waals surface area contributed by atoms with E-state index in [0.29, 0.717) is 6.20 Å². The Bertz CT molecular complexity index is 867. The number of aliphatic hydroxyl groups excluding tert-OH is 1. The highest BCUT2D eigenvalue weighted by molar-refractivity contribution is 5.55. The molecule has 0 spiro atoms. The Morgan fingerprint density at radius 3 is 2.52 bits per heavy atom. The lowest BCUT2D eigenvalue weighted by molar-refractivity contribution is -0.140. The fraction of sp³-hybridized carbons (Fsp3) is 0.312. The summed E-state index contributed by atoms with van der Waals surface area (Å²) < 4.78 is 81.6. The van der Waals surface area contributed by atoms with Crippen LogP contribution in [0.3, 0.4) is 0 Å². The van der Waals surface area contributed by atoms with Gasteiger partial charge in [-0.05, 0) is 18.2 Å². The molecule has 1 heterocycles. The highest BCUT2D eigenvalue weighted by Crippen LogP contribution is 2.44. The van der Waals surface area contributed by atoms with Crippen molar-refractivity contribution in [1.29, 1.82) is 0 Å². The quantitative estimate of drug-likeness (QED) is 0.591. The summed E-state index contributed by atoms with van der Waals surface area (Å²) in [4.78, 5) is 2.92. The number of nitrogens with zero attached hydrogens (tertiary/aromatic N) is 2. The van der Waals surface area contributed by atoms with E-state index in [9.17, 15) is 31.4 Å². The largest absolute Gasteiger partial charge is 0.418 e. The van der Waals surface area contributed by atoms with Crippen LogP contribution in [-0.4, -0.2) is 22.0 Å². The zero-order valence-electron chi connectivity index (χ0n) is 12.4. The van der Waals surface area contributed by atoms with E-state index in [1.807, 2.05) is 0 Å². The van der Waals surface area contributed by atoms with Crippen LogP contribution in [0.15, 0.2) is 24.4 Å². The summed E-state index contributed by atoms with van der Waals surface area (Å²) >= 11 is 0. The molecular formula is C16H10F6N2O. The lowest BCUT2D eigenvalue weighted by Crippen LogP contribution is -2.34. The Hall–Kier alpha value is -2.47. The third-order valence-corrected chi connectivity index (χ3v) is 4.12. The van der Waals surface area contributed by atoms with Crippen molar-refractivity contribution >= 4 is 5.69 Å². The average molecular weight is 360 g/mol. The minimum atomic E-state index is -4.90. The van der Waals surface area contributed by atoms with Gasteiger partial charge in [0.2, 0.25) is 5.69 Å². The van der Waals surface area contributed by atoms with Gasteiger partial charge >= 0.3 is 6.18 Å². The second-order valence-electron chi connectivity index (χ2n) is 5.63. The first-order valence-electron chi connectivity index (χ1n) is 7.10. The second kappa shape index (κ2) is 5.81. The van der Waals surface area contributed by atoms with E-state index in [1.165, 1.54) is 0 Å². The van der Waals surface area contributed by atoms with Gasteiger partial charge < -0.3 is 9.67 Å². The van der Waals surface area contributed by atoms with Crippen molar-refractivity contribution in [2.75, 3.05) is 0 Å². The fourth-order valence-electron chi connectivity index (χ4n) is 2.95. The van der Waals surface area contributed by atoms with Gasteiger partial charge in [0, 0.05) is 29.6 Å². The van der Waals surface area contributed by atoms with Crippen LogP contribution in [0.2, 0.25) is 0 Å². The molecule has 3 nitrogen and oxygen atoms in total. The van der Waals surface area contributed by atoms with Crippen LogP contribution in [-0.2, 0) is 12.6 Å². The van der Waals surface area contributed by atoms with Crippen LogP contribution in [0, 0.1) is 12.4 Å². The number of benzene rings is 1. The van der Waals surface area contributed by atoms with Gasteiger partial charge in [0.15, 0.2) is 6.17 Å². The molecule has 3 atom stereocenters. The maximum atomic E-state index is 13.8. The molecular weight excluding hydrogens is 350 g/mol. The van der Waals surface area contributed by atoms with E-state index in [4.69, 9.17) is 6.57 Å². The number of alkyl halides is 5. The summed E-state index contributed by atoms with van der Waals surface area (Å²) in [5.41, 5.74) is -2.73. The van der Waals surface area contributed by atoms with Gasteiger partial charge in [-0.1, -0.05) is 0 Å². The second-order valence-corrected chi connectivity index (χ2v) is 5.63. The van der Waals surface area contributed by atoms with Gasteiger partial charge in [0.05, 0.1) is 12.1 Å². The van der Waals surface area contributed by atoms with E-state index in [2.05, 4.69) is 4.85 Å². The standard InChI is InChI=1S/C16H10F6N2O/c1-23-11-4-7(2-3-9(11)17)24-6-8(16(20,21)22)13-12(24)5-10(18)14(19)15(13)25/h2-4,6,10,14-15,25H,5H2/t10?,14?,15-/m0/s1. The smallest absolute Gasteiger partial charge is 0.385 e. The first-order valence-corrected chi connectivity index (χ1v) is 7.10. The Morgan fingerprint density at radius 1 is 1.24 bits per heavy atom. The van der Waals surface area contributed by atoms with Crippen molar-refractivity contribution in [3.8, 4) is 5.69 Å². The van der Waals surface area contributed by atoms with Gasteiger partial charge in [-0.3, -0.25) is 0 Å². The predicted molar refractivity (Wildman–Crippen MR) is 75.4 cm³/mol. The Balaban J connectivity index is 2.26. The van der Waals surface area contributed by atoms with Crippen molar-refractivity contribution in [1.82, 2.24) is 4.57 Å². The van der Waals surface area contributed by atoms with E-state index in [1.54, 1.807) is 0 Å². The molecule has 1 N–H and O–H groups in total. The van der Waals surface area contributed by atoms with Gasteiger partial charge in [0.25, 0.3) is 0 Å². The Labute approximate surface area is 137 Å². The Morgan fingerprint density at radius 2 is 1.92 bits per heavy atom. The average Bonchev–Trinajstić information content (AvgIpc) is 2.93. The van der Waals surface area contributed by atoms with Gasteiger partial charge in [0.1, 0.15) is 18.1 Å². The van der Waals surface area contributed by atoms with E-state index in [0.717, 1.165) is 22.8 Å². The molecule has 1 aromatic carbocycles. The molecule has 0 bridgehead atoms. The predicted octanol–water partition coefficient (Wildman–Crippen LogP) is 4.45. The molecule has 0 fully saturated rings. The number of hydrogen-bond donors (Lipinski definition) is 1. The molecule has 2 unspecified atom stereocenters. The zero-order chi connectivity index (χ0) is 18.5. The Kier molecular flexibility index (Phi) is 4.03. The molecule has 0 amide bonds. The molecule has 0 aliphatic heterocycles. The molecule has 3 rings (SSSR count). The highest BCUT2D eigenvalue weighted by Gasteiger charge is 2.46. The molecule has 9 heteroatoms. The monoisotopic (exact) mass is 360 g/mol. The minimum absolute atomic E-state index is 0.0177. The van der Waals surface area contributed by atoms with Crippen molar-refractivity contribution in [3.63, 3.8) is 0 Å². The molecule has 25 heavy (non-hydrogen) atoms. The van der Waals surface area contributed by atoms with E-state index >= 15 is 0 Å². The van der Waals surface area contributed by atoms with Crippen LogP contribution in [0.25, 0.3) is 10.5 Å². The summed E-state index contributed by atoms with van der Waals surface area (Å²) in [6.45, 7) is 6.87. The highest BCUT2D eigenvalue weighted by atomic mass is 19.4.